The fraction of sp³-hybridized carbons (Fsp3) is 0.385. The van der Waals surface area contributed by atoms with Gasteiger partial charge in [-0.25, -0.2) is 0 Å². The van der Waals surface area contributed by atoms with Crippen molar-refractivity contribution in [3.8, 4) is 0 Å². The summed E-state index contributed by atoms with van der Waals surface area (Å²) in [6, 6.07) is 9.87. The van der Waals surface area contributed by atoms with Crippen LogP contribution >= 0.6 is 0 Å². The van der Waals surface area contributed by atoms with E-state index in [2.05, 4.69) is 10.6 Å². The highest BCUT2D eigenvalue weighted by Crippen LogP contribution is 2.04. The number of benzene rings is 1. The van der Waals surface area contributed by atoms with Crippen LogP contribution in [0.2, 0.25) is 0 Å². The molecule has 4 nitrogen and oxygen atoms in total. The van der Waals surface area contributed by atoms with Crippen molar-refractivity contribution in [2.45, 2.75) is 25.3 Å². The van der Waals surface area contributed by atoms with Crippen molar-refractivity contribution in [3.05, 3.63) is 35.9 Å². The number of carbonyl (C=O) groups excluding carboxylic acids is 2. The molecule has 90 valence electrons. The molecule has 0 spiro atoms. The molecule has 1 aliphatic heterocycles. The zero-order valence-corrected chi connectivity index (χ0v) is 9.61. The van der Waals surface area contributed by atoms with Gasteiger partial charge in [-0.1, -0.05) is 30.3 Å². The minimum absolute atomic E-state index is 0.00959. The normalized spacial score (nSPS) is 18.8. The van der Waals surface area contributed by atoms with Crippen LogP contribution in [0.15, 0.2) is 30.3 Å². The number of hydrogen-bond donors (Lipinski definition) is 2. The van der Waals surface area contributed by atoms with Crippen molar-refractivity contribution in [3.63, 3.8) is 0 Å². The van der Waals surface area contributed by atoms with E-state index in [1.165, 1.54) is 0 Å². The third-order valence-electron chi connectivity index (χ3n) is 2.83. The molecular weight excluding hydrogens is 216 g/mol. The smallest absolute Gasteiger partial charge is 0.222 e. The van der Waals surface area contributed by atoms with Crippen LogP contribution in [0, 0.1) is 0 Å². The minimum atomic E-state index is -0.0363. The molecule has 0 aromatic heterocycles. The molecule has 2 N–H and O–H groups in total. The first-order valence-corrected chi connectivity index (χ1v) is 5.84. The topological polar surface area (TPSA) is 58.2 Å². The molecule has 0 aliphatic carbocycles. The summed E-state index contributed by atoms with van der Waals surface area (Å²) in [5.74, 6) is 0.0220. The number of amides is 2. The summed E-state index contributed by atoms with van der Waals surface area (Å²) in [6.45, 7) is 0.551. The van der Waals surface area contributed by atoms with Crippen molar-refractivity contribution < 1.29 is 9.59 Å². The van der Waals surface area contributed by atoms with E-state index >= 15 is 0 Å². The monoisotopic (exact) mass is 232 g/mol. The van der Waals surface area contributed by atoms with E-state index in [1.807, 2.05) is 30.3 Å². The van der Waals surface area contributed by atoms with Crippen molar-refractivity contribution in [2.24, 2.45) is 0 Å². The Hall–Kier alpha value is -1.84. The molecule has 1 unspecified atom stereocenters. The van der Waals surface area contributed by atoms with E-state index in [1.54, 1.807) is 0 Å². The number of rotatable bonds is 4. The molecule has 0 bridgehead atoms. The van der Waals surface area contributed by atoms with E-state index in [0.717, 1.165) is 12.0 Å². The summed E-state index contributed by atoms with van der Waals surface area (Å²) in [6.07, 6.45) is 1.60. The summed E-state index contributed by atoms with van der Waals surface area (Å²) in [7, 11) is 0. The Balaban J connectivity index is 1.73. The summed E-state index contributed by atoms with van der Waals surface area (Å²) in [4.78, 5) is 22.6. The van der Waals surface area contributed by atoms with Gasteiger partial charge in [0.2, 0.25) is 11.8 Å². The third-order valence-corrected chi connectivity index (χ3v) is 2.83. The lowest BCUT2D eigenvalue weighted by Gasteiger charge is -2.10. The first-order chi connectivity index (χ1) is 8.24. The Bertz CT molecular complexity index is 403. The molecule has 2 amide bonds. The van der Waals surface area contributed by atoms with Gasteiger partial charge in [0.05, 0.1) is 6.04 Å². The maximum absolute atomic E-state index is 11.6. The quantitative estimate of drug-likeness (QED) is 0.799. The molecule has 1 saturated heterocycles. The van der Waals surface area contributed by atoms with E-state index in [9.17, 15) is 9.59 Å². The molecule has 0 radical (unpaired) electrons. The molecule has 1 aromatic rings. The van der Waals surface area contributed by atoms with Crippen molar-refractivity contribution >= 4 is 11.8 Å². The van der Waals surface area contributed by atoms with Crippen LogP contribution in [-0.2, 0) is 16.0 Å². The second-order valence-corrected chi connectivity index (χ2v) is 4.26. The maximum atomic E-state index is 11.6. The maximum Gasteiger partial charge on any atom is 0.222 e. The van der Waals surface area contributed by atoms with Gasteiger partial charge >= 0.3 is 0 Å². The molecule has 17 heavy (non-hydrogen) atoms. The van der Waals surface area contributed by atoms with Crippen molar-refractivity contribution in [2.75, 3.05) is 6.54 Å². The van der Waals surface area contributed by atoms with Crippen LogP contribution in [0.4, 0.5) is 0 Å². The molecule has 1 atom stereocenters. The van der Waals surface area contributed by atoms with E-state index in [0.29, 0.717) is 19.4 Å². The predicted molar refractivity (Wildman–Crippen MR) is 64.3 cm³/mol. The second kappa shape index (κ2) is 5.48. The predicted octanol–water partition coefficient (Wildman–Crippen LogP) is 0.624. The summed E-state index contributed by atoms with van der Waals surface area (Å²) >= 11 is 0. The zero-order chi connectivity index (χ0) is 12.1. The lowest BCUT2D eigenvalue weighted by Crippen LogP contribution is -2.36. The van der Waals surface area contributed by atoms with Gasteiger partial charge in [-0.2, -0.15) is 0 Å². The summed E-state index contributed by atoms with van der Waals surface area (Å²) in [5.41, 5.74) is 1.16. The molecule has 1 aromatic carbocycles. The van der Waals surface area contributed by atoms with Gasteiger partial charge < -0.3 is 10.6 Å². The molecule has 1 aliphatic rings. The number of carbonyl (C=O) groups is 2. The second-order valence-electron chi connectivity index (χ2n) is 4.26. The van der Waals surface area contributed by atoms with Crippen LogP contribution in [0.25, 0.3) is 0 Å². The van der Waals surface area contributed by atoms with Gasteiger partial charge in [0.1, 0.15) is 0 Å². The molecule has 0 saturated carbocycles. The summed E-state index contributed by atoms with van der Waals surface area (Å²) in [5, 5.41) is 5.55. The average Bonchev–Trinajstić information content (AvgIpc) is 2.73. The lowest BCUT2D eigenvalue weighted by atomic mass is 10.1. The number of hydrogen-bond acceptors (Lipinski definition) is 2. The highest BCUT2D eigenvalue weighted by atomic mass is 16.2. The minimum Gasteiger partial charge on any atom is -0.354 e. The molecule has 2 rings (SSSR count). The van der Waals surface area contributed by atoms with Crippen LogP contribution in [0.5, 0.6) is 0 Å². The van der Waals surface area contributed by atoms with Gasteiger partial charge in [-0.3, -0.25) is 9.59 Å². The Labute approximate surface area is 100 Å². The largest absolute Gasteiger partial charge is 0.354 e. The van der Waals surface area contributed by atoms with Gasteiger partial charge in [-0.15, -0.1) is 0 Å². The van der Waals surface area contributed by atoms with Gasteiger partial charge in [-0.05, 0) is 12.0 Å². The van der Waals surface area contributed by atoms with E-state index in [4.69, 9.17) is 0 Å². The van der Waals surface area contributed by atoms with Crippen molar-refractivity contribution in [1.29, 1.82) is 0 Å². The fourth-order valence-electron chi connectivity index (χ4n) is 1.91. The first-order valence-electron chi connectivity index (χ1n) is 5.84. The Morgan fingerprint density at radius 2 is 2.12 bits per heavy atom. The molecule has 1 fully saturated rings. The molecule has 1 heterocycles. The number of nitrogens with one attached hydrogen (secondary N) is 2. The van der Waals surface area contributed by atoms with Crippen molar-refractivity contribution in [1.82, 2.24) is 10.6 Å². The van der Waals surface area contributed by atoms with Crippen LogP contribution < -0.4 is 10.6 Å². The van der Waals surface area contributed by atoms with Gasteiger partial charge in [0.15, 0.2) is 0 Å². The van der Waals surface area contributed by atoms with Crippen LogP contribution in [0.3, 0.4) is 0 Å². The van der Waals surface area contributed by atoms with E-state index < -0.39 is 0 Å². The van der Waals surface area contributed by atoms with E-state index in [-0.39, 0.29) is 17.9 Å². The highest BCUT2D eigenvalue weighted by molar-refractivity contribution is 5.82. The SMILES string of the molecule is O=C1CC(NC(=O)CCc2ccccc2)CN1. The van der Waals surface area contributed by atoms with Gasteiger partial charge in [0.25, 0.3) is 0 Å². The average molecular weight is 232 g/mol. The molecular formula is C13H16N2O2. The van der Waals surface area contributed by atoms with Crippen LogP contribution in [0.1, 0.15) is 18.4 Å². The third kappa shape index (κ3) is 3.59. The fourth-order valence-corrected chi connectivity index (χ4v) is 1.91. The Morgan fingerprint density at radius 1 is 1.35 bits per heavy atom. The lowest BCUT2D eigenvalue weighted by molar-refractivity contribution is -0.121. The number of aryl methyl sites for hydroxylation is 1. The highest BCUT2D eigenvalue weighted by Gasteiger charge is 2.22. The zero-order valence-electron chi connectivity index (χ0n) is 9.61. The summed E-state index contributed by atoms with van der Waals surface area (Å²) < 4.78 is 0. The Morgan fingerprint density at radius 3 is 2.76 bits per heavy atom. The Kier molecular flexibility index (Phi) is 3.75. The first kappa shape index (κ1) is 11.6. The molecule has 4 heteroatoms. The van der Waals surface area contributed by atoms with Gasteiger partial charge in [0, 0.05) is 19.4 Å². The van der Waals surface area contributed by atoms with Crippen LogP contribution in [-0.4, -0.2) is 24.4 Å². The standard InChI is InChI=1S/C13H16N2O2/c16-12(15-11-8-13(17)14-9-11)7-6-10-4-2-1-3-5-10/h1-5,11H,6-9H2,(H,14,17)(H,15,16).